The third-order valence-electron chi connectivity index (χ3n) is 4.39. The molecule has 4 heterocycles. The molecule has 3 aromatic heterocycles. The third-order valence-corrected chi connectivity index (χ3v) is 5.59. The standard InChI is InChI=1S/C17H15FN4O2S/c18-15-14(20-13-5-1-2-8-22(13)15)17(24)21-9-3-4-10(21)11-6-7-12(25-11)16(19)23/h1-2,5-8,10H,3-4,9H2,(H2,19,23). The Kier molecular flexibility index (Phi) is 3.76. The highest BCUT2D eigenvalue weighted by atomic mass is 32.1. The van der Waals surface area contributed by atoms with Crippen LogP contribution in [0.4, 0.5) is 4.39 Å². The average molecular weight is 358 g/mol. The molecule has 8 heteroatoms. The van der Waals surface area contributed by atoms with E-state index in [0.717, 1.165) is 17.7 Å². The van der Waals surface area contributed by atoms with Crippen molar-refractivity contribution in [2.45, 2.75) is 18.9 Å². The van der Waals surface area contributed by atoms with Crippen molar-refractivity contribution in [1.82, 2.24) is 14.3 Å². The molecular formula is C17H15FN4O2S. The third kappa shape index (κ3) is 2.58. The lowest BCUT2D eigenvalue weighted by molar-refractivity contribution is 0.0727. The number of imidazole rings is 1. The molecule has 0 radical (unpaired) electrons. The van der Waals surface area contributed by atoms with Crippen LogP contribution in [-0.2, 0) is 0 Å². The van der Waals surface area contributed by atoms with Crippen LogP contribution in [0.1, 0.15) is 43.9 Å². The minimum absolute atomic E-state index is 0.176. The maximum Gasteiger partial charge on any atom is 0.277 e. The molecule has 0 aromatic carbocycles. The molecule has 1 unspecified atom stereocenters. The summed E-state index contributed by atoms with van der Waals surface area (Å²) in [4.78, 5) is 31.3. The Morgan fingerprint density at radius 3 is 2.84 bits per heavy atom. The number of nitrogens with two attached hydrogens (primary N) is 1. The molecule has 2 N–H and O–H groups in total. The predicted octanol–water partition coefficient (Wildman–Crippen LogP) is 2.61. The Balaban J connectivity index is 1.68. The summed E-state index contributed by atoms with van der Waals surface area (Å²) in [6, 6.07) is 8.36. The van der Waals surface area contributed by atoms with Gasteiger partial charge in [0.1, 0.15) is 5.65 Å². The number of primary amides is 1. The van der Waals surface area contributed by atoms with Crippen LogP contribution >= 0.6 is 11.3 Å². The van der Waals surface area contributed by atoms with Gasteiger partial charge in [-0.25, -0.2) is 4.98 Å². The first-order chi connectivity index (χ1) is 12.1. The number of amides is 2. The minimum Gasteiger partial charge on any atom is -0.365 e. The number of halogens is 1. The molecule has 0 spiro atoms. The number of thiophene rings is 1. The number of pyridine rings is 1. The van der Waals surface area contributed by atoms with Crippen molar-refractivity contribution in [3.8, 4) is 0 Å². The maximum absolute atomic E-state index is 14.6. The molecule has 0 aliphatic carbocycles. The second-order valence-electron chi connectivity index (χ2n) is 5.90. The van der Waals surface area contributed by atoms with Gasteiger partial charge in [0, 0.05) is 17.6 Å². The molecule has 4 rings (SSSR count). The van der Waals surface area contributed by atoms with Crippen molar-refractivity contribution < 1.29 is 14.0 Å². The van der Waals surface area contributed by atoms with Crippen LogP contribution in [0.3, 0.4) is 0 Å². The Bertz CT molecular complexity index is 980. The van der Waals surface area contributed by atoms with E-state index in [4.69, 9.17) is 5.73 Å². The molecule has 1 saturated heterocycles. The number of rotatable bonds is 3. The Morgan fingerprint density at radius 1 is 1.28 bits per heavy atom. The summed E-state index contributed by atoms with van der Waals surface area (Å²) in [6.45, 7) is 0.528. The highest BCUT2D eigenvalue weighted by Gasteiger charge is 2.34. The summed E-state index contributed by atoms with van der Waals surface area (Å²) in [6.07, 6.45) is 3.11. The fourth-order valence-electron chi connectivity index (χ4n) is 3.21. The Labute approximate surface area is 146 Å². The molecule has 6 nitrogen and oxygen atoms in total. The number of nitrogens with zero attached hydrogens (tertiary/aromatic N) is 3. The van der Waals surface area contributed by atoms with Gasteiger partial charge in [-0.2, -0.15) is 4.39 Å². The number of hydrogen-bond donors (Lipinski definition) is 1. The van der Waals surface area contributed by atoms with E-state index in [1.165, 1.54) is 21.9 Å². The van der Waals surface area contributed by atoms with E-state index in [0.29, 0.717) is 17.1 Å². The average Bonchev–Trinajstić information content (AvgIpc) is 3.32. The fraction of sp³-hybridized carbons (Fsp3) is 0.235. The van der Waals surface area contributed by atoms with Crippen LogP contribution in [0, 0.1) is 5.95 Å². The van der Waals surface area contributed by atoms with E-state index in [2.05, 4.69) is 4.98 Å². The van der Waals surface area contributed by atoms with Crippen LogP contribution < -0.4 is 5.73 Å². The smallest absolute Gasteiger partial charge is 0.277 e. The lowest BCUT2D eigenvalue weighted by Crippen LogP contribution is -2.31. The first-order valence-electron chi connectivity index (χ1n) is 7.89. The molecule has 1 atom stereocenters. The van der Waals surface area contributed by atoms with Gasteiger partial charge in [-0.3, -0.25) is 14.0 Å². The quantitative estimate of drug-likeness (QED) is 0.781. The van der Waals surface area contributed by atoms with Gasteiger partial charge >= 0.3 is 0 Å². The van der Waals surface area contributed by atoms with Crippen molar-refractivity contribution in [3.63, 3.8) is 0 Å². The van der Waals surface area contributed by atoms with Crippen molar-refractivity contribution in [2.24, 2.45) is 5.73 Å². The summed E-state index contributed by atoms with van der Waals surface area (Å²) in [5, 5.41) is 0. The second kappa shape index (κ2) is 5.96. The van der Waals surface area contributed by atoms with Crippen LogP contribution in [-0.4, -0.2) is 32.6 Å². The zero-order valence-corrected chi connectivity index (χ0v) is 14.0. The van der Waals surface area contributed by atoms with E-state index in [1.807, 2.05) is 0 Å². The first-order valence-corrected chi connectivity index (χ1v) is 8.71. The molecule has 1 aliphatic heterocycles. The van der Waals surface area contributed by atoms with Crippen LogP contribution in [0.25, 0.3) is 5.65 Å². The Morgan fingerprint density at radius 2 is 2.12 bits per heavy atom. The first kappa shape index (κ1) is 15.8. The topological polar surface area (TPSA) is 80.7 Å². The maximum atomic E-state index is 14.6. The zero-order valence-electron chi connectivity index (χ0n) is 13.2. The monoisotopic (exact) mass is 358 g/mol. The van der Waals surface area contributed by atoms with Crippen LogP contribution in [0.5, 0.6) is 0 Å². The Hall–Kier alpha value is -2.74. The number of likely N-dealkylation sites (tertiary alicyclic amines) is 1. The molecule has 25 heavy (non-hydrogen) atoms. The molecule has 1 aliphatic rings. The van der Waals surface area contributed by atoms with Gasteiger partial charge in [0.25, 0.3) is 11.8 Å². The van der Waals surface area contributed by atoms with Gasteiger partial charge in [0.05, 0.1) is 10.9 Å². The normalized spacial score (nSPS) is 17.3. The van der Waals surface area contributed by atoms with E-state index >= 15 is 0 Å². The molecular weight excluding hydrogens is 343 g/mol. The number of aromatic nitrogens is 2. The number of hydrogen-bond acceptors (Lipinski definition) is 4. The van der Waals surface area contributed by atoms with E-state index < -0.39 is 17.8 Å². The highest BCUT2D eigenvalue weighted by molar-refractivity contribution is 7.14. The van der Waals surface area contributed by atoms with E-state index in [1.54, 1.807) is 35.2 Å². The highest BCUT2D eigenvalue weighted by Crippen LogP contribution is 2.37. The number of carbonyl (C=O) groups is 2. The van der Waals surface area contributed by atoms with Crippen molar-refractivity contribution in [2.75, 3.05) is 6.54 Å². The van der Waals surface area contributed by atoms with Gasteiger partial charge in [-0.05, 0) is 37.1 Å². The fourth-order valence-corrected chi connectivity index (χ4v) is 4.22. The molecule has 1 fully saturated rings. The second-order valence-corrected chi connectivity index (χ2v) is 7.02. The summed E-state index contributed by atoms with van der Waals surface area (Å²) in [7, 11) is 0. The van der Waals surface area contributed by atoms with E-state index in [9.17, 15) is 14.0 Å². The molecule has 0 bridgehead atoms. The molecule has 128 valence electrons. The summed E-state index contributed by atoms with van der Waals surface area (Å²) in [5.74, 6) is -1.58. The van der Waals surface area contributed by atoms with Crippen LogP contribution in [0.15, 0.2) is 36.5 Å². The van der Waals surface area contributed by atoms with Gasteiger partial charge in [0.2, 0.25) is 5.95 Å². The minimum atomic E-state index is -0.657. The van der Waals surface area contributed by atoms with Crippen molar-refractivity contribution in [3.05, 3.63) is 57.9 Å². The summed E-state index contributed by atoms with van der Waals surface area (Å²) < 4.78 is 15.8. The lowest BCUT2D eigenvalue weighted by Gasteiger charge is -2.23. The molecule has 2 amide bonds. The van der Waals surface area contributed by atoms with E-state index in [-0.39, 0.29) is 11.7 Å². The largest absolute Gasteiger partial charge is 0.365 e. The molecule has 0 saturated carbocycles. The predicted molar refractivity (Wildman–Crippen MR) is 91.0 cm³/mol. The summed E-state index contributed by atoms with van der Waals surface area (Å²) in [5.41, 5.74) is 5.52. The van der Waals surface area contributed by atoms with Crippen molar-refractivity contribution in [1.29, 1.82) is 0 Å². The SMILES string of the molecule is NC(=O)c1ccc(C2CCCN2C(=O)c2nc3ccccn3c2F)s1. The van der Waals surface area contributed by atoms with Gasteiger partial charge in [-0.15, -0.1) is 11.3 Å². The number of carbonyl (C=O) groups excluding carboxylic acids is 2. The van der Waals surface area contributed by atoms with Gasteiger partial charge < -0.3 is 10.6 Å². The zero-order chi connectivity index (χ0) is 17.6. The molecule has 3 aromatic rings. The van der Waals surface area contributed by atoms with Gasteiger partial charge in [0.15, 0.2) is 5.69 Å². The lowest BCUT2D eigenvalue weighted by atomic mass is 10.2. The van der Waals surface area contributed by atoms with Gasteiger partial charge in [-0.1, -0.05) is 6.07 Å². The van der Waals surface area contributed by atoms with Crippen molar-refractivity contribution >= 4 is 28.8 Å². The van der Waals surface area contributed by atoms with Crippen LogP contribution in [0.2, 0.25) is 0 Å². The summed E-state index contributed by atoms with van der Waals surface area (Å²) >= 11 is 1.28. The number of fused-ring (bicyclic) bond motifs is 1.